The predicted octanol–water partition coefficient (Wildman–Crippen LogP) is 2.97. The van der Waals surface area contributed by atoms with Crippen LogP contribution in [0, 0.1) is 5.92 Å². The summed E-state index contributed by atoms with van der Waals surface area (Å²) >= 11 is 0. The van der Waals surface area contributed by atoms with Crippen LogP contribution in [0.15, 0.2) is 28.8 Å². The standard InChI is InChI=1S/C23H31N3O5/c1-28-19-5-2-4-18(14-19)15-22(27)26-10-3-6-20(26)23-24-21(25-31-23)9-13-30-16-17-7-11-29-12-8-17/h2,4-5,14,17,20H,3,6-13,15-16H2,1H3. The molecule has 0 N–H and O–H groups in total. The molecule has 0 bridgehead atoms. The first-order valence-corrected chi connectivity index (χ1v) is 11.1. The number of benzene rings is 1. The van der Waals surface area contributed by atoms with Crippen molar-refractivity contribution in [3.05, 3.63) is 41.5 Å². The Bertz CT molecular complexity index is 849. The van der Waals surface area contributed by atoms with Gasteiger partial charge in [-0.15, -0.1) is 0 Å². The number of amides is 1. The van der Waals surface area contributed by atoms with Crippen LogP contribution in [-0.2, 0) is 27.1 Å². The van der Waals surface area contributed by atoms with Gasteiger partial charge in [-0.3, -0.25) is 4.79 Å². The quantitative estimate of drug-likeness (QED) is 0.566. The highest BCUT2D eigenvalue weighted by Gasteiger charge is 2.33. The molecule has 31 heavy (non-hydrogen) atoms. The van der Waals surface area contributed by atoms with Crippen LogP contribution in [0.4, 0.5) is 0 Å². The van der Waals surface area contributed by atoms with Crippen LogP contribution in [0.5, 0.6) is 5.75 Å². The van der Waals surface area contributed by atoms with Crippen molar-refractivity contribution in [2.45, 2.75) is 44.6 Å². The molecule has 1 aromatic heterocycles. The number of hydrogen-bond donors (Lipinski definition) is 0. The first-order valence-electron chi connectivity index (χ1n) is 11.1. The Hall–Kier alpha value is -2.45. The Morgan fingerprint density at radius 2 is 2.13 bits per heavy atom. The first kappa shape index (κ1) is 21.8. The van der Waals surface area contributed by atoms with E-state index in [2.05, 4.69) is 10.1 Å². The van der Waals surface area contributed by atoms with Crippen LogP contribution in [0.3, 0.4) is 0 Å². The van der Waals surface area contributed by atoms with E-state index in [0.29, 0.717) is 43.6 Å². The average Bonchev–Trinajstić information content (AvgIpc) is 3.47. The lowest BCUT2D eigenvalue weighted by atomic mass is 10.0. The fourth-order valence-electron chi connectivity index (χ4n) is 4.21. The van der Waals surface area contributed by atoms with Crippen molar-refractivity contribution in [2.24, 2.45) is 5.92 Å². The van der Waals surface area contributed by atoms with Gasteiger partial charge in [0.05, 0.1) is 20.1 Å². The third-order valence-electron chi connectivity index (χ3n) is 6.00. The lowest BCUT2D eigenvalue weighted by molar-refractivity contribution is -0.131. The molecule has 0 aliphatic carbocycles. The molecule has 2 aliphatic rings. The molecule has 1 aromatic carbocycles. The maximum atomic E-state index is 12.9. The zero-order valence-electron chi connectivity index (χ0n) is 18.1. The molecular formula is C23H31N3O5. The molecule has 4 rings (SSSR count). The smallest absolute Gasteiger partial charge is 0.249 e. The van der Waals surface area contributed by atoms with Crippen LogP contribution >= 0.6 is 0 Å². The average molecular weight is 430 g/mol. The van der Waals surface area contributed by atoms with Crippen molar-refractivity contribution < 1.29 is 23.5 Å². The van der Waals surface area contributed by atoms with Gasteiger partial charge in [0, 0.05) is 32.8 Å². The van der Waals surface area contributed by atoms with Crippen molar-refractivity contribution in [1.82, 2.24) is 15.0 Å². The second-order valence-corrected chi connectivity index (χ2v) is 8.20. The molecule has 2 saturated heterocycles. The molecule has 2 aromatic rings. The summed E-state index contributed by atoms with van der Waals surface area (Å²) in [6, 6.07) is 7.46. The molecular weight excluding hydrogens is 398 g/mol. The van der Waals surface area contributed by atoms with Gasteiger partial charge in [-0.2, -0.15) is 4.98 Å². The second-order valence-electron chi connectivity index (χ2n) is 8.20. The summed E-state index contributed by atoms with van der Waals surface area (Å²) in [6.45, 7) is 3.69. The number of aromatic nitrogens is 2. The Balaban J connectivity index is 1.28. The van der Waals surface area contributed by atoms with E-state index in [4.69, 9.17) is 18.7 Å². The minimum absolute atomic E-state index is 0.0651. The molecule has 1 amide bonds. The van der Waals surface area contributed by atoms with E-state index in [9.17, 15) is 4.79 Å². The molecule has 0 radical (unpaired) electrons. The number of methoxy groups -OCH3 is 1. The molecule has 0 saturated carbocycles. The Morgan fingerprint density at radius 3 is 2.97 bits per heavy atom. The topological polar surface area (TPSA) is 86.9 Å². The first-order chi connectivity index (χ1) is 15.2. The second kappa shape index (κ2) is 10.7. The maximum Gasteiger partial charge on any atom is 0.249 e. The van der Waals surface area contributed by atoms with E-state index < -0.39 is 0 Å². The number of ether oxygens (including phenoxy) is 3. The highest BCUT2D eigenvalue weighted by Crippen LogP contribution is 2.31. The van der Waals surface area contributed by atoms with Gasteiger partial charge in [0.2, 0.25) is 11.8 Å². The normalized spacial score (nSPS) is 19.6. The van der Waals surface area contributed by atoms with Crippen LogP contribution < -0.4 is 4.74 Å². The highest BCUT2D eigenvalue weighted by atomic mass is 16.5. The van der Waals surface area contributed by atoms with Gasteiger partial charge in [0.15, 0.2) is 5.82 Å². The van der Waals surface area contributed by atoms with E-state index in [0.717, 1.165) is 56.8 Å². The summed E-state index contributed by atoms with van der Waals surface area (Å²) in [7, 11) is 1.63. The number of likely N-dealkylation sites (tertiary alicyclic amines) is 1. The van der Waals surface area contributed by atoms with Crippen LogP contribution in [0.25, 0.3) is 0 Å². The summed E-state index contributed by atoms with van der Waals surface area (Å²) in [5.74, 6) is 2.56. The van der Waals surface area contributed by atoms with Crippen molar-refractivity contribution in [1.29, 1.82) is 0 Å². The van der Waals surface area contributed by atoms with Crippen molar-refractivity contribution >= 4 is 5.91 Å². The lowest BCUT2D eigenvalue weighted by Gasteiger charge is -2.22. The summed E-state index contributed by atoms with van der Waals surface area (Å²) < 4.78 is 22.0. The Labute approximate surface area is 182 Å². The zero-order chi connectivity index (χ0) is 21.5. The molecule has 8 heteroatoms. The molecule has 8 nitrogen and oxygen atoms in total. The molecule has 3 heterocycles. The zero-order valence-corrected chi connectivity index (χ0v) is 18.1. The van der Waals surface area contributed by atoms with Gasteiger partial charge >= 0.3 is 0 Å². The van der Waals surface area contributed by atoms with Gasteiger partial charge < -0.3 is 23.6 Å². The minimum atomic E-state index is -0.150. The van der Waals surface area contributed by atoms with Gasteiger partial charge in [0.1, 0.15) is 11.8 Å². The van der Waals surface area contributed by atoms with Gasteiger partial charge in [0.25, 0.3) is 0 Å². The Morgan fingerprint density at radius 1 is 1.26 bits per heavy atom. The number of carbonyl (C=O) groups excluding carboxylic acids is 1. The maximum absolute atomic E-state index is 12.9. The minimum Gasteiger partial charge on any atom is -0.497 e. The van der Waals surface area contributed by atoms with Gasteiger partial charge in [-0.25, -0.2) is 0 Å². The predicted molar refractivity (Wildman–Crippen MR) is 113 cm³/mol. The van der Waals surface area contributed by atoms with E-state index in [1.165, 1.54) is 0 Å². The van der Waals surface area contributed by atoms with Crippen molar-refractivity contribution in [3.63, 3.8) is 0 Å². The van der Waals surface area contributed by atoms with E-state index >= 15 is 0 Å². The van der Waals surface area contributed by atoms with E-state index in [1.807, 2.05) is 29.2 Å². The lowest BCUT2D eigenvalue weighted by Crippen LogP contribution is -2.32. The summed E-state index contributed by atoms with van der Waals surface area (Å²) in [5, 5.41) is 4.10. The van der Waals surface area contributed by atoms with Crippen LogP contribution in [0.2, 0.25) is 0 Å². The fraction of sp³-hybridized carbons (Fsp3) is 0.609. The van der Waals surface area contributed by atoms with Crippen molar-refractivity contribution in [2.75, 3.05) is 40.1 Å². The van der Waals surface area contributed by atoms with E-state index in [1.54, 1.807) is 7.11 Å². The molecule has 1 atom stereocenters. The summed E-state index contributed by atoms with van der Waals surface area (Å²) in [6.07, 6.45) is 4.83. The third-order valence-corrected chi connectivity index (χ3v) is 6.00. The number of hydrogen-bond acceptors (Lipinski definition) is 7. The number of carbonyl (C=O) groups is 1. The van der Waals surface area contributed by atoms with E-state index in [-0.39, 0.29) is 11.9 Å². The summed E-state index contributed by atoms with van der Waals surface area (Å²) in [5.41, 5.74) is 0.933. The Kier molecular flexibility index (Phi) is 7.53. The molecule has 2 aliphatic heterocycles. The highest BCUT2D eigenvalue weighted by molar-refractivity contribution is 5.79. The summed E-state index contributed by atoms with van der Waals surface area (Å²) in [4.78, 5) is 19.3. The molecule has 1 unspecified atom stereocenters. The fourth-order valence-corrected chi connectivity index (χ4v) is 4.21. The van der Waals surface area contributed by atoms with Crippen LogP contribution in [0.1, 0.15) is 49.0 Å². The number of nitrogens with zero attached hydrogens (tertiary/aromatic N) is 3. The SMILES string of the molecule is COc1cccc(CC(=O)N2CCCC2c2nc(CCOCC3CCOCC3)no2)c1. The van der Waals surface area contributed by atoms with Gasteiger partial charge in [-0.1, -0.05) is 17.3 Å². The molecule has 0 spiro atoms. The third kappa shape index (κ3) is 5.83. The monoisotopic (exact) mass is 429 g/mol. The van der Waals surface area contributed by atoms with Gasteiger partial charge in [-0.05, 0) is 49.3 Å². The molecule has 2 fully saturated rings. The molecule has 168 valence electrons. The largest absolute Gasteiger partial charge is 0.497 e. The number of rotatable bonds is 9. The van der Waals surface area contributed by atoms with Crippen molar-refractivity contribution in [3.8, 4) is 5.75 Å². The van der Waals surface area contributed by atoms with Crippen LogP contribution in [-0.4, -0.2) is 61.0 Å².